The van der Waals surface area contributed by atoms with Crippen molar-refractivity contribution in [1.29, 1.82) is 0 Å². The lowest BCUT2D eigenvalue weighted by atomic mass is 9.96. The van der Waals surface area contributed by atoms with E-state index in [2.05, 4.69) is 24.3 Å². The highest BCUT2D eigenvalue weighted by Gasteiger charge is 2.17. The van der Waals surface area contributed by atoms with Crippen molar-refractivity contribution in [2.75, 3.05) is 13.2 Å². The molecule has 1 saturated heterocycles. The number of benzene rings is 1. The Kier molecular flexibility index (Phi) is 3.17. The van der Waals surface area contributed by atoms with Gasteiger partial charge in [0.1, 0.15) is 5.78 Å². The van der Waals surface area contributed by atoms with E-state index in [-0.39, 0.29) is 5.78 Å². The van der Waals surface area contributed by atoms with Crippen molar-refractivity contribution in [3.8, 4) is 0 Å². The van der Waals surface area contributed by atoms with Crippen LogP contribution in [0.25, 0.3) is 0 Å². The average molecular weight is 204 g/mol. The zero-order valence-electron chi connectivity index (χ0n) is 9.03. The predicted octanol–water partition coefficient (Wildman–Crippen LogP) is 2.32. The molecule has 1 unspecified atom stereocenters. The molecular weight excluding hydrogens is 188 g/mol. The average Bonchev–Trinajstić information content (AvgIpc) is 2.71. The summed E-state index contributed by atoms with van der Waals surface area (Å²) in [5.74, 6) is 0.767. The van der Waals surface area contributed by atoms with Gasteiger partial charge in [-0.25, -0.2) is 0 Å². The third-order valence-electron chi connectivity index (χ3n) is 2.83. The lowest BCUT2D eigenvalue weighted by Gasteiger charge is -2.08. The Morgan fingerprint density at radius 3 is 2.67 bits per heavy atom. The molecule has 2 nitrogen and oxygen atoms in total. The molecule has 0 aromatic heterocycles. The zero-order chi connectivity index (χ0) is 10.7. The quantitative estimate of drug-likeness (QED) is 0.755. The molecule has 1 aromatic rings. The van der Waals surface area contributed by atoms with Crippen molar-refractivity contribution >= 4 is 5.78 Å². The molecular formula is C13H16O2. The molecule has 0 saturated carbocycles. The van der Waals surface area contributed by atoms with Gasteiger partial charge in [-0.05, 0) is 24.5 Å². The molecule has 1 aliphatic heterocycles. The van der Waals surface area contributed by atoms with Gasteiger partial charge in [0.25, 0.3) is 0 Å². The molecule has 1 heterocycles. The minimum Gasteiger partial charge on any atom is -0.381 e. The summed E-state index contributed by atoms with van der Waals surface area (Å²) in [6, 6.07) is 8.35. The number of ketones is 1. The molecule has 15 heavy (non-hydrogen) atoms. The monoisotopic (exact) mass is 204 g/mol. The number of carbonyl (C=O) groups is 1. The molecule has 80 valence electrons. The van der Waals surface area contributed by atoms with Crippen LogP contribution in [-0.4, -0.2) is 19.0 Å². The lowest BCUT2D eigenvalue weighted by Crippen LogP contribution is -1.99. The van der Waals surface area contributed by atoms with E-state index in [0.717, 1.165) is 25.2 Å². The molecule has 2 heteroatoms. The minimum atomic E-state index is 0.215. The molecule has 0 bridgehead atoms. The topological polar surface area (TPSA) is 26.3 Å². The Labute approximate surface area is 90.3 Å². The maximum atomic E-state index is 10.9. The molecule has 1 aliphatic rings. The first-order valence-electron chi connectivity index (χ1n) is 5.42. The summed E-state index contributed by atoms with van der Waals surface area (Å²) in [7, 11) is 0. The number of ether oxygens (including phenoxy) is 1. The molecule has 0 aliphatic carbocycles. The standard InChI is InChI=1S/C13H16O2/c1-10(14)8-11-2-4-12(5-3-11)13-6-7-15-9-13/h2-5,13H,6-9H2,1H3. The van der Waals surface area contributed by atoms with Gasteiger partial charge in [-0.3, -0.25) is 4.79 Å². The summed E-state index contributed by atoms with van der Waals surface area (Å²) < 4.78 is 5.35. The molecule has 1 fully saturated rings. The van der Waals surface area contributed by atoms with Crippen LogP contribution in [0.15, 0.2) is 24.3 Å². The smallest absolute Gasteiger partial charge is 0.134 e. The van der Waals surface area contributed by atoms with Gasteiger partial charge in [0.2, 0.25) is 0 Å². The van der Waals surface area contributed by atoms with Crippen molar-refractivity contribution in [2.45, 2.75) is 25.7 Å². The normalized spacial score (nSPS) is 20.5. The fraction of sp³-hybridized carbons (Fsp3) is 0.462. The molecule has 2 rings (SSSR count). The fourth-order valence-electron chi connectivity index (χ4n) is 1.99. The first kappa shape index (κ1) is 10.4. The van der Waals surface area contributed by atoms with Gasteiger partial charge in [0, 0.05) is 18.9 Å². The highest BCUT2D eigenvalue weighted by Crippen LogP contribution is 2.25. The summed E-state index contributed by atoms with van der Waals surface area (Å²) in [6.07, 6.45) is 1.66. The van der Waals surface area contributed by atoms with E-state index in [1.54, 1.807) is 6.92 Å². The second-order valence-electron chi connectivity index (χ2n) is 4.18. The molecule has 0 spiro atoms. The van der Waals surface area contributed by atoms with E-state index in [1.807, 2.05) is 0 Å². The van der Waals surface area contributed by atoms with Crippen molar-refractivity contribution in [3.63, 3.8) is 0 Å². The van der Waals surface area contributed by atoms with Crippen LogP contribution in [0.1, 0.15) is 30.4 Å². The summed E-state index contributed by atoms with van der Waals surface area (Å²) in [5, 5.41) is 0. The highest BCUT2D eigenvalue weighted by atomic mass is 16.5. The Hall–Kier alpha value is -1.15. The van der Waals surface area contributed by atoms with Crippen LogP contribution >= 0.6 is 0 Å². The lowest BCUT2D eigenvalue weighted by molar-refractivity contribution is -0.116. The maximum absolute atomic E-state index is 10.9. The van der Waals surface area contributed by atoms with Crippen LogP contribution in [-0.2, 0) is 16.0 Å². The van der Waals surface area contributed by atoms with Crippen LogP contribution in [0.2, 0.25) is 0 Å². The third kappa shape index (κ3) is 2.66. The summed E-state index contributed by atoms with van der Waals surface area (Å²) in [6.45, 7) is 3.34. The van der Waals surface area contributed by atoms with Gasteiger partial charge in [-0.15, -0.1) is 0 Å². The van der Waals surface area contributed by atoms with E-state index in [1.165, 1.54) is 5.56 Å². The number of carbonyl (C=O) groups excluding carboxylic acids is 1. The Balaban J connectivity index is 2.06. The largest absolute Gasteiger partial charge is 0.381 e. The molecule has 1 aromatic carbocycles. The minimum absolute atomic E-state index is 0.215. The number of hydrogen-bond acceptors (Lipinski definition) is 2. The molecule has 0 amide bonds. The van der Waals surface area contributed by atoms with Gasteiger partial charge in [0.15, 0.2) is 0 Å². The van der Waals surface area contributed by atoms with Gasteiger partial charge < -0.3 is 4.74 Å². The second-order valence-corrected chi connectivity index (χ2v) is 4.18. The maximum Gasteiger partial charge on any atom is 0.134 e. The summed E-state index contributed by atoms with van der Waals surface area (Å²) in [4.78, 5) is 10.9. The van der Waals surface area contributed by atoms with E-state index in [9.17, 15) is 4.79 Å². The Morgan fingerprint density at radius 1 is 1.40 bits per heavy atom. The second kappa shape index (κ2) is 4.58. The molecule has 1 atom stereocenters. The van der Waals surface area contributed by atoms with Crippen molar-refractivity contribution in [1.82, 2.24) is 0 Å². The third-order valence-corrected chi connectivity index (χ3v) is 2.83. The van der Waals surface area contributed by atoms with E-state index < -0.39 is 0 Å². The van der Waals surface area contributed by atoms with Gasteiger partial charge in [-0.1, -0.05) is 24.3 Å². The van der Waals surface area contributed by atoms with E-state index in [4.69, 9.17) is 4.74 Å². The Morgan fingerprint density at radius 2 is 2.13 bits per heavy atom. The van der Waals surface area contributed by atoms with Crippen molar-refractivity contribution in [2.24, 2.45) is 0 Å². The first-order valence-corrected chi connectivity index (χ1v) is 5.42. The van der Waals surface area contributed by atoms with Crippen molar-refractivity contribution < 1.29 is 9.53 Å². The molecule has 0 N–H and O–H groups in total. The van der Waals surface area contributed by atoms with E-state index >= 15 is 0 Å². The number of Topliss-reactive ketones (excluding diaryl/α,β-unsaturated/α-hetero) is 1. The number of hydrogen-bond donors (Lipinski definition) is 0. The summed E-state index contributed by atoms with van der Waals surface area (Å²) in [5.41, 5.74) is 2.44. The van der Waals surface area contributed by atoms with Gasteiger partial charge in [0.05, 0.1) is 6.61 Å². The van der Waals surface area contributed by atoms with Crippen LogP contribution < -0.4 is 0 Å². The van der Waals surface area contributed by atoms with Crippen LogP contribution in [0.4, 0.5) is 0 Å². The summed E-state index contributed by atoms with van der Waals surface area (Å²) >= 11 is 0. The van der Waals surface area contributed by atoms with Crippen LogP contribution in [0.3, 0.4) is 0 Å². The van der Waals surface area contributed by atoms with Gasteiger partial charge in [-0.2, -0.15) is 0 Å². The van der Waals surface area contributed by atoms with Crippen LogP contribution in [0.5, 0.6) is 0 Å². The van der Waals surface area contributed by atoms with Crippen molar-refractivity contribution in [3.05, 3.63) is 35.4 Å². The van der Waals surface area contributed by atoms with E-state index in [0.29, 0.717) is 12.3 Å². The number of rotatable bonds is 3. The first-order chi connectivity index (χ1) is 7.25. The predicted molar refractivity (Wildman–Crippen MR) is 59.0 cm³/mol. The fourth-order valence-corrected chi connectivity index (χ4v) is 1.99. The SMILES string of the molecule is CC(=O)Cc1ccc(C2CCOC2)cc1. The molecule has 0 radical (unpaired) electrons. The zero-order valence-corrected chi connectivity index (χ0v) is 9.03. The Bertz CT molecular complexity index is 334. The highest BCUT2D eigenvalue weighted by molar-refractivity contribution is 5.78. The van der Waals surface area contributed by atoms with Gasteiger partial charge >= 0.3 is 0 Å². The van der Waals surface area contributed by atoms with Crippen LogP contribution in [0, 0.1) is 0 Å².